The van der Waals surface area contributed by atoms with Crippen molar-refractivity contribution in [2.75, 3.05) is 7.11 Å². The van der Waals surface area contributed by atoms with E-state index in [1.54, 1.807) is 0 Å². The molecular weight excluding hydrogens is 224 g/mol. The number of benzene rings is 1. The molecule has 0 saturated carbocycles. The van der Waals surface area contributed by atoms with Crippen molar-refractivity contribution in [3.63, 3.8) is 0 Å². The van der Waals surface area contributed by atoms with Crippen LogP contribution < -0.4 is 4.74 Å². The van der Waals surface area contributed by atoms with Crippen LogP contribution in [0.3, 0.4) is 0 Å². The first-order chi connectivity index (χ1) is 6.38. The average molecular weight is 229 g/mol. The number of hydrogen-bond acceptors (Lipinski definition) is 1. The van der Waals surface area contributed by atoms with E-state index in [0.717, 1.165) is 13.2 Å². The van der Waals surface area contributed by atoms with Crippen LogP contribution in [0.4, 0.5) is 17.6 Å². The summed E-state index contributed by atoms with van der Waals surface area (Å²) in [5.41, 5.74) is -1.48. The van der Waals surface area contributed by atoms with Crippen molar-refractivity contribution in [3.8, 4) is 5.75 Å². The van der Waals surface area contributed by atoms with Gasteiger partial charge in [0.15, 0.2) is 5.75 Å². The Labute approximate surface area is 82.2 Å². The highest BCUT2D eigenvalue weighted by atomic mass is 35.5. The lowest BCUT2D eigenvalue weighted by atomic mass is 10.2. The zero-order valence-corrected chi connectivity index (χ0v) is 7.71. The Morgan fingerprint density at radius 2 is 1.86 bits per heavy atom. The summed E-state index contributed by atoms with van der Waals surface area (Å²) < 4.78 is 54.1. The monoisotopic (exact) mass is 228 g/mol. The van der Waals surface area contributed by atoms with Crippen molar-refractivity contribution in [2.24, 2.45) is 0 Å². The molecule has 0 aliphatic heterocycles. The van der Waals surface area contributed by atoms with Crippen LogP contribution in [0.1, 0.15) is 5.56 Å². The topological polar surface area (TPSA) is 9.23 Å². The highest BCUT2D eigenvalue weighted by Crippen LogP contribution is 2.41. The van der Waals surface area contributed by atoms with Crippen LogP contribution >= 0.6 is 11.6 Å². The third kappa shape index (κ3) is 1.92. The van der Waals surface area contributed by atoms with Crippen LogP contribution in [0, 0.1) is 5.82 Å². The van der Waals surface area contributed by atoms with Crippen LogP contribution in [0.15, 0.2) is 12.1 Å². The lowest BCUT2D eigenvalue weighted by Gasteiger charge is -2.13. The molecule has 78 valence electrons. The molecule has 0 unspecified atom stereocenters. The maximum atomic E-state index is 12.9. The van der Waals surface area contributed by atoms with Crippen LogP contribution in [-0.4, -0.2) is 7.11 Å². The summed E-state index contributed by atoms with van der Waals surface area (Å²) >= 11 is 5.42. The largest absolute Gasteiger partial charge is 0.494 e. The molecule has 0 fully saturated rings. The van der Waals surface area contributed by atoms with Gasteiger partial charge < -0.3 is 4.74 Å². The van der Waals surface area contributed by atoms with E-state index in [1.165, 1.54) is 0 Å². The van der Waals surface area contributed by atoms with Crippen LogP contribution in [0.5, 0.6) is 5.75 Å². The van der Waals surface area contributed by atoms with Gasteiger partial charge in [0.2, 0.25) is 0 Å². The van der Waals surface area contributed by atoms with E-state index >= 15 is 0 Å². The van der Waals surface area contributed by atoms with Gasteiger partial charge in [0.25, 0.3) is 0 Å². The second-order valence-electron chi connectivity index (χ2n) is 2.44. The fourth-order valence-corrected chi connectivity index (χ4v) is 1.23. The molecule has 0 atom stereocenters. The Balaban J connectivity index is 3.46. The summed E-state index contributed by atoms with van der Waals surface area (Å²) in [5, 5.41) is -0.277. The van der Waals surface area contributed by atoms with Crippen LogP contribution in [0.25, 0.3) is 0 Å². The quantitative estimate of drug-likeness (QED) is 0.669. The fraction of sp³-hybridized carbons (Fsp3) is 0.250. The molecule has 0 bridgehead atoms. The van der Waals surface area contributed by atoms with E-state index in [9.17, 15) is 17.6 Å². The molecule has 1 aromatic rings. The van der Waals surface area contributed by atoms with Crippen LogP contribution in [0.2, 0.25) is 5.02 Å². The van der Waals surface area contributed by atoms with Crippen molar-refractivity contribution in [2.45, 2.75) is 6.18 Å². The van der Waals surface area contributed by atoms with Gasteiger partial charge in [-0.2, -0.15) is 13.2 Å². The molecule has 1 nitrogen and oxygen atoms in total. The lowest BCUT2D eigenvalue weighted by molar-refractivity contribution is -0.141. The Bertz CT molecular complexity index is 348. The number of rotatable bonds is 1. The van der Waals surface area contributed by atoms with Gasteiger partial charge in [0, 0.05) is 0 Å². The van der Waals surface area contributed by atoms with Gasteiger partial charge in [0.05, 0.1) is 12.1 Å². The molecule has 14 heavy (non-hydrogen) atoms. The molecular formula is C8H5ClF4O. The number of hydrogen-bond donors (Lipinski definition) is 0. The molecule has 0 spiro atoms. The van der Waals surface area contributed by atoms with E-state index in [0.29, 0.717) is 6.07 Å². The highest BCUT2D eigenvalue weighted by molar-refractivity contribution is 6.32. The standard InChI is InChI=1S/C8H5ClF4O/c1-14-7-4(9)2-3-5(10)6(7)8(11,12)13/h2-3H,1H3. The Morgan fingerprint density at radius 3 is 2.21 bits per heavy atom. The summed E-state index contributed by atoms with van der Waals surface area (Å²) in [6.07, 6.45) is -4.82. The summed E-state index contributed by atoms with van der Waals surface area (Å²) in [6, 6.07) is 1.65. The highest BCUT2D eigenvalue weighted by Gasteiger charge is 2.38. The predicted octanol–water partition coefficient (Wildman–Crippen LogP) is 3.51. The molecule has 0 N–H and O–H groups in total. The molecule has 6 heteroatoms. The maximum absolute atomic E-state index is 12.9. The molecule has 0 aliphatic rings. The maximum Gasteiger partial charge on any atom is 0.422 e. The van der Waals surface area contributed by atoms with Crippen LogP contribution in [-0.2, 0) is 6.18 Å². The fourth-order valence-electron chi connectivity index (χ4n) is 0.997. The third-order valence-corrected chi connectivity index (χ3v) is 1.84. The SMILES string of the molecule is COc1c(Cl)ccc(F)c1C(F)(F)F. The normalized spacial score (nSPS) is 11.6. The van der Waals surface area contributed by atoms with E-state index < -0.39 is 23.3 Å². The number of alkyl halides is 3. The Kier molecular flexibility index (Phi) is 2.89. The van der Waals surface area contributed by atoms with Crippen molar-refractivity contribution >= 4 is 11.6 Å². The minimum absolute atomic E-state index is 0.277. The molecule has 0 aliphatic carbocycles. The minimum Gasteiger partial charge on any atom is -0.494 e. The molecule has 0 radical (unpaired) electrons. The summed E-state index contributed by atoms with van der Waals surface area (Å²) in [4.78, 5) is 0. The third-order valence-electron chi connectivity index (χ3n) is 1.55. The molecule has 0 heterocycles. The number of methoxy groups -OCH3 is 1. The first-order valence-corrected chi connectivity index (χ1v) is 3.85. The van der Waals surface area contributed by atoms with Crippen molar-refractivity contribution in [1.29, 1.82) is 0 Å². The number of ether oxygens (including phenoxy) is 1. The molecule has 1 rings (SSSR count). The van der Waals surface area contributed by atoms with E-state index in [2.05, 4.69) is 4.74 Å². The van der Waals surface area contributed by atoms with Gasteiger partial charge in [-0.3, -0.25) is 0 Å². The van der Waals surface area contributed by atoms with Gasteiger partial charge in [-0.1, -0.05) is 11.6 Å². The molecule has 1 aromatic carbocycles. The van der Waals surface area contributed by atoms with Gasteiger partial charge in [0.1, 0.15) is 11.4 Å². The van der Waals surface area contributed by atoms with E-state index in [1.807, 2.05) is 0 Å². The van der Waals surface area contributed by atoms with Crippen molar-refractivity contribution in [3.05, 3.63) is 28.5 Å². The van der Waals surface area contributed by atoms with Gasteiger partial charge in [-0.25, -0.2) is 4.39 Å². The molecule has 0 saturated heterocycles. The van der Waals surface area contributed by atoms with Crippen molar-refractivity contribution in [1.82, 2.24) is 0 Å². The Morgan fingerprint density at radius 1 is 1.29 bits per heavy atom. The Hall–Kier alpha value is -0.970. The summed E-state index contributed by atoms with van der Waals surface area (Å²) in [5.74, 6) is -2.10. The van der Waals surface area contributed by atoms with E-state index in [4.69, 9.17) is 11.6 Å². The smallest absolute Gasteiger partial charge is 0.422 e. The van der Waals surface area contributed by atoms with Gasteiger partial charge in [-0.15, -0.1) is 0 Å². The first-order valence-electron chi connectivity index (χ1n) is 3.47. The molecule has 0 aromatic heterocycles. The number of halogens is 5. The lowest BCUT2D eigenvalue weighted by Crippen LogP contribution is -2.10. The van der Waals surface area contributed by atoms with Gasteiger partial charge >= 0.3 is 6.18 Å². The minimum atomic E-state index is -4.82. The average Bonchev–Trinajstić information content (AvgIpc) is 2.06. The summed E-state index contributed by atoms with van der Waals surface area (Å²) in [7, 11) is 0.996. The summed E-state index contributed by atoms with van der Waals surface area (Å²) in [6.45, 7) is 0. The zero-order chi connectivity index (χ0) is 10.9. The molecule has 0 amide bonds. The first kappa shape index (κ1) is 11.1. The van der Waals surface area contributed by atoms with Crippen molar-refractivity contribution < 1.29 is 22.3 Å². The zero-order valence-electron chi connectivity index (χ0n) is 6.95. The van der Waals surface area contributed by atoms with E-state index in [-0.39, 0.29) is 5.02 Å². The predicted molar refractivity (Wildman–Crippen MR) is 43.0 cm³/mol. The second kappa shape index (κ2) is 3.65. The van der Waals surface area contributed by atoms with Gasteiger partial charge in [-0.05, 0) is 12.1 Å². The second-order valence-corrected chi connectivity index (χ2v) is 2.84.